The molecule has 3 nitrogen and oxygen atoms in total. The molecule has 132 valence electrons. The zero-order valence-electron chi connectivity index (χ0n) is 15.3. The Hall–Kier alpha value is -2.62. The summed E-state index contributed by atoms with van der Waals surface area (Å²) in [4.78, 5) is 0. The SMILES string of the molecule is C=C(C)C[C@@H]1C(C(C#N)(C#N)C/C=C/c2ccccc2)=CC2CCC1N2. The summed E-state index contributed by atoms with van der Waals surface area (Å²) in [5.41, 5.74) is 2.07. The highest BCUT2D eigenvalue weighted by atomic mass is 15.0. The van der Waals surface area contributed by atoms with Crippen LogP contribution in [0.1, 0.15) is 38.2 Å². The average molecular weight is 343 g/mol. The number of rotatable bonds is 6. The number of nitrogens with one attached hydrogen (secondary N) is 1. The largest absolute Gasteiger partial charge is 0.307 e. The van der Waals surface area contributed by atoms with E-state index in [0.717, 1.165) is 36.0 Å². The van der Waals surface area contributed by atoms with Crippen molar-refractivity contribution in [3.63, 3.8) is 0 Å². The molecule has 0 saturated carbocycles. The van der Waals surface area contributed by atoms with Crippen molar-refractivity contribution in [1.82, 2.24) is 5.32 Å². The molecule has 2 aliphatic heterocycles. The van der Waals surface area contributed by atoms with Gasteiger partial charge in [-0.2, -0.15) is 10.5 Å². The van der Waals surface area contributed by atoms with Crippen molar-refractivity contribution in [2.75, 3.05) is 0 Å². The maximum absolute atomic E-state index is 9.98. The molecule has 3 atom stereocenters. The van der Waals surface area contributed by atoms with E-state index in [0.29, 0.717) is 12.5 Å². The molecule has 2 bridgehead atoms. The minimum absolute atomic E-state index is 0.177. The Balaban J connectivity index is 1.90. The van der Waals surface area contributed by atoms with Crippen LogP contribution in [0.2, 0.25) is 0 Å². The standard InChI is InChI=1S/C23H25N3/c1-17(2)13-20-21(14-19-10-11-22(20)26-19)23(15-24,16-25)12-6-9-18-7-4-3-5-8-18/h3-9,14,19-20,22,26H,1,10-13H2,2H3/b9-6+/t19?,20-,22?/m1/s1. The first-order chi connectivity index (χ1) is 12.6. The summed E-state index contributed by atoms with van der Waals surface area (Å²) in [6, 6.07) is 15.3. The van der Waals surface area contributed by atoms with E-state index in [1.165, 1.54) is 0 Å². The first kappa shape index (κ1) is 18.2. The lowest BCUT2D eigenvalue weighted by Crippen LogP contribution is -2.43. The molecule has 3 rings (SSSR count). The Morgan fingerprint density at radius 2 is 2.00 bits per heavy atom. The van der Waals surface area contributed by atoms with Crippen molar-refractivity contribution in [2.45, 2.75) is 44.7 Å². The third-order valence-electron chi connectivity index (χ3n) is 5.46. The molecule has 1 saturated heterocycles. The molecule has 26 heavy (non-hydrogen) atoms. The van der Waals surface area contributed by atoms with E-state index in [1.807, 2.05) is 49.4 Å². The molecule has 0 aromatic heterocycles. The molecule has 1 aromatic carbocycles. The van der Waals surface area contributed by atoms with Crippen LogP contribution in [0.4, 0.5) is 0 Å². The molecule has 0 radical (unpaired) electrons. The van der Waals surface area contributed by atoms with Crippen LogP contribution in [-0.2, 0) is 0 Å². The fraction of sp³-hybridized carbons (Fsp3) is 0.391. The molecule has 2 unspecified atom stereocenters. The van der Waals surface area contributed by atoms with E-state index in [4.69, 9.17) is 0 Å². The van der Waals surface area contributed by atoms with Gasteiger partial charge in [-0.3, -0.25) is 0 Å². The van der Waals surface area contributed by atoms with Gasteiger partial charge in [-0.1, -0.05) is 54.1 Å². The van der Waals surface area contributed by atoms with Crippen molar-refractivity contribution in [3.05, 3.63) is 65.8 Å². The highest BCUT2D eigenvalue weighted by molar-refractivity contribution is 5.50. The number of hydrogen-bond donors (Lipinski definition) is 1. The minimum Gasteiger partial charge on any atom is -0.307 e. The van der Waals surface area contributed by atoms with Crippen LogP contribution in [0.25, 0.3) is 6.08 Å². The molecule has 1 fully saturated rings. The predicted octanol–water partition coefficient (Wildman–Crippen LogP) is 4.77. The van der Waals surface area contributed by atoms with Crippen molar-refractivity contribution >= 4 is 6.08 Å². The van der Waals surface area contributed by atoms with E-state index in [1.54, 1.807) is 0 Å². The van der Waals surface area contributed by atoms with Gasteiger partial charge in [0.1, 0.15) is 0 Å². The molecular formula is C23H25N3. The second kappa shape index (κ2) is 7.73. The van der Waals surface area contributed by atoms with Crippen molar-refractivity contribution in [2.24, 2.45) is 11.3 Å². The summed E-state index contributed by atoms with van der Waals surface area (Å²) in [6.07, 6.45) is 9.51. The molecule has 2 aliphatic rings. The number of nitrogens with zero attached hydrogens (tertiary/aromatic N) is 2. The van der Waals surface area contributed by atoms with E-state index < -0.39 is 5.41 Å². The zero-order chi connectivity index (χ0) is 18.6. The predicted molar refractivity (Wildman–Crippen MR) is 105 cm³/mol. The molecule has 1 N–H and O–H groups in total. The second-order valence-electron chi connectivity index (χ2n) is 7.49. The fourth-order valence-corrected chi connectivity index (χ4v) is 4.19. The Bertz CT molecular complexity index is 790. The van der Waals surface area contributed by atoms with Gasteiger partial charge >= 0.3 is 0 Å². The number of benzene rings is 1. The van der Waals surface area contributed by atoms with Gasteiger partial charge < -0.3 is 5.32 Å². The maximum Gasteiger partial charge on any atom is 0.168 e. The fourth-order valence-electron chi connectivity index (χ4n) is 4.19. The van der Waals surface area contributed by atoms with Gasteiger partial charge in [0.15, 0.2) is 5.41 Å². The Morgan fingerprint density at radius 1 is 1.27 bits per heavy atom. The monoisotopic (exact) mass is 343 g/mol. The topological polar surface area (TPSA) is 59.6 Å². The van der Waals surface area contributed by atoms with E-state index in [2.05, 4.69) is 30.1 Å². The molecule has 0 aliphatic carbocycles. The second-order valence-corrected chi connectivity index (χ2v) is 7.49. The highest BCUT2D eigenvalue weighted by Gasteiger charge is 2.45. The Labute approximate surface area is 156 Å². The molecule has 1 aromatic rings. The van der Waals surface area contributed by atoms with Gasteiger partial charge in [0.05, 0.1) is 12.1 Å². The molecule has 0 spiro atoms. The van der Waals surface area contributed by atoms with Gasteiger partial charge in [-0.25, -0.2) is 0 Å². The molecule has 2 heterocycles. The molecular weight excluding hydrogens is 318 g/mol. The van der Waals surface area contributed by atoms with E-state index >= 15 is 0 Å². The first-order valence-electron chi connectivity index (χ1n) is 9.24. The van der Waals surface area contributed by atoms with E-state index in [-0.39, 0.29) is 12.0 Å². The summed E-state index contributed by atoms with van der Waals surface area (Å²) in [6.45, 7) is 6.09. The zero-order valence-corrected chi connectivity index (χ0v) is 15.3. The lowest BCUT2D eigenvalue weighted by atomic mass is 9.69. The van der Waals surface area contributed by atoms with E-state index in [9.17, 15) is 10.5 Å². The summed E-state index contributed by atoms with van der Waals surface area (Å²) < 4.78 is 0. The minimum atomic E-state index is -1.10. The lowest BCUT2D eigenvalue weighted by Gasteiger charge is -2.36. The third-order valence-corrected chi connectivity index (χ3v) is 5.46. The maximum atomic E-state index is 9.98. The van der Waals surface area contributed by atoms with Crippen molar-refractivity contribution in [3.8, 4) is 12.1 Å². The number of hydrogen-bond acceptors (Lipinski definition) is 3. The van der Waals surface area contributed by atoms with Crippen LogP contribution >= 0.6 is 0 Å². The first-order valence-corrected chi connectivity index (χ1v) is 9.24. The normalized spacial score (nSPS) is 24.7. The number of allylic oxidation sites excluding steroid dienone is 2. The smallest absolute Gasteiger partial charge is 0.168 e. The van der Waals surface area contributed by atoms with Crippen molar-refractivity contribution in [1.29, 1.82) is 10.5 Å². The van der Waals surface area contributed by atoms with Gasteiger partial charge in [-0.05, 0) is 37.3 Å². The third kappa shape index (κ3) is 3.64. The number of fused-ring (bicyclic) bond motifs is 2. The summed E-state index contributed by atoms with van der Waals surface area (Å²) in [5.74, 6) is 0.177. The number of nitriles is 2. The van der Waals surface area contributed by atoms with Crippen LogP contribution in [0.3, 0.4) is 0 Å². The van der Waals surface area contributed by atoms with Crippen LogP contribution in [-0.4, -0.2) is 12.1 Å². The highest BCUT2D eigenvalue weighted by Crippen LogP contribution is 2.45. The van der Waals surface area contributed by atoms with Crippen LogP contribution in [0.15, 0.2) is 60.2 Å². The van der Waals surface area contributed by atoms with Gasteiger partial charge in [0.25, 0.3) is 0 Å². The summed E-state index contributed by atoms with van der Waals surface area (Å²) in [5, 5.41) is 23.6. The van der Waals surface area contributed by atoms with Crippen LogP contribution in [0, 0.1) is 34.0 Å². The van der Waals surface area contributed by atoms with Gasteiger partial charge in [0, 0.05) is 24.4 Å². The Morgan fingerprint density at radius 3 is 2.65 bits per heavy atom. The summed E-state index contributed by atoms with van der Waals surface area (Å²) in [7, 11) is 0. The Kier molecular flexibility index (Phi) is 5.40. The molecule has 3 heteroatoms. The van der Waals surface area contributed by atoms with Gasteiger partial charge in [0.2, 0.25) is 0 Å². The van der Waals surface area contributed by atoms with Crippen LogP contribution in [0.5, 0.6) is 0 Å². The quantitative estimate of drug-likeness (QED) is 0.757. The van der Waals surface area contributed by atoms with Gasteiger partial charge in [-0.15, -0.1) is 6.58 Å². The van der Waals surface area contributed by atoms with Crippen LogP contribution < -0.4 is 5.32 Å². The van der Waals surface area contributed by atoms with Crippen molar-refractivity contribution < 1.29 is 0 Å². The average Bonchev–Trinajstić information content (AvgIpc) is 3.05. The summed E-state index contributed by atoms with van der Waals surface area (Å²) >= 11 is 0. The molecule has 0 amide bonds. The lowest BCUT2D eigenvalue weighted by molar-refractivity contribution is 0.365.